The van der Waals surface area contributed by atoms with Crippen LogP contribution in [0.2, 0.25) is 0 Å². The number of carbonyl (C=O) groups is 4. The maximum atomic E-state index is 13.0. The van der Waals surface area contributed by atoms with Crippen molar-refractivity contribution in [2.45, 2.75) is 65.1 Å². The Kier molecular flexibility index (Phi) is 7.78. The zero-order valence-corrected chi connectivity index (χ0v) is 19.5. The molecule has 10 nitrogen and oxygen atoms in total. The molecule has 0 radical (unpaired) electrons. The molecule has 0 spiro atoms. The van der Waals surface area contributed by atoms with Gasteiger partial charge in [0.15, 0.2) is 11.4 Å². The van der Waals surface area contributed by atoms with Crippen molar-refractivity contribution in [3.8, 4) is 0 Å². The molecule has 2 aromatic heterocycles. The molecule has 33 heavy (non-hydrogen) atoms. The first kappa shape index (κ1) is 24.3. The van der Waals surface area contributed by atoms with Crippen molar-refractivity contribution in [1.29, 1.82) is 0 Å². The second-order valence-corrected chi connectivity index (χ2v) is 8.95. The van der Waals surface area contributed by atoms with Gasteiger partial charge in [-0.3, -0.25) is 14.4 Å². The number of ether oxygens (including phenoxy) is 1. The molecule has 2 N–H and O–H groups in total. The summed E-state index contributed by atoms with van der Waals surface area (Å²) < 4.78 is 6.19. The van der Waals surface area contributed by atoms with Gasteiger partial charge in [-0.15, -0.1) is 0 Å². The van der Waals surface area contributed by atoms with Gasteiger partial charge < -0.3 is 15.4 Å². The summed E-state index contributed by atoms with van der Waals surface area (Å²) in [6.45, 7) is 5.11. The van der Waals surface area contributed by atoms with E-state index in [1.807, 2.05) is 13.8 Å². The molecule has 3 rings (SSSR count). The Hall–Kier alpha value is -3.30. The number of pyridine rings is 1. The molecular weight excluding hydrogens is 426 g/mol. The SMILES string of the molecule is COC(=O)[C@H](CC(C)C)NC(=O)[C@H](CC1CC1)NC(=O)Cn1nc(C(C)=O)c2cccnc21. The maximum absolute atomic E-state index is 13.0. The molecule has 0 unspecified atom stereocenters. The van der Waals surface area contributed by atoms with E-state index in [4.69, 9.17) is 4.74 Å². The number of nitrogens with one attached hydrogen (secondary N) is 2. The minimum Gasteiger partial charge on any atom is -0.467 e. The molecule has 1 saturated carbocycles. The fourth-order valence-corrected chi connectivity index (χ4v) is 3.77. The molecular formula is C23H31N5O5. The summed E-state index contributed by atoms with van der Waals surface area (Å²) in [6, 6.07) is 1.86. The number of ketones is 1. The lowest BCUT2D eigenvalue weighted by Gasteiger charge is -2.23. The molecule has 2 aromatic rings. The highest BCUT2D eigenvalue weighted by Crippen LogP contribution is 2.33. The number of esters is 1. The van der Waals surface area contributed by atoms with Crippen molar-refractivity contribution in [1.82, 2.24) is 25.4 Å². The van der Waals surface area contributed by atoms with Crippen LogP contribution in [0.15, 0.2) is 18.3 Å². The van der Waals surface area contributed by atoms with Gasteiger partial charge in [0.2, 0.25) is 11.8 Å². The number of hydrogen-bond donors (Lipinski definition) is 2. The normalized spacial score (nSPS) is 15.2. The zero-order chi connectivity index (χ0) is 24.1. The number of amides is 2. The third kappa shape index (κ3) is 6.36. The highest BCUT2D eigenvalue weighted by molar-refractivity contribution is 6.04. The molecule has 0 saturated heterocycles. The van der Waals surface area contributed by atoms with Gasteiger partial charge in [-0.05, 0) is 36.8 Å². The first-order valence-corrected chi connectivity index (χ1v) is 11.2. The minimum absolute atomic E-state index is 0.168. The van der Waals surface area contributed by atoms with Crippen molar-refractivity contribution in [2.24, 2.45) is 11.8 Å². The molecule has 1 fully saturated rings. The Labute approximate surface area is 192 Å². The van der Waals surface area contributed by atoms with E-state index < -0.39 is 29.9 Å². The lowest BCUT2D eigenvalue weighted by Crippen LogP contribution is -2.52. The van der Waals surface area contributed by atoms with E-state index in [0.29, 0.717) is 29.8 Å². The van der Waals surface area contributed by atoms with E-state index in [2.05, 4.69) is 20.7 Å². The van der Waals surface area contributed by atoms with Crippen LogP contribution < -0.4 is 10.6 Å². The van der Waals surface area contributed by atoms with Crippen molar-refractivity contribution in [2.75, 3.05) is 7.11 Å². The topological polar surface area (TPSA) is 132 Å². The predicted octanol–water partition coefficient (Wildman–Crippen LogP) is 1.62. The smallest absolute Gasteiger partial charge is 0.328 e. The molecule has 0 aliphatic heterocycles. The number of hydrogen-bond acceptors (Lipinski definition) is 7. The number of methoxy groups -OCH3 is 1. The molecule has 2 atom stereocenters. The lowest BCUT2D eigenvalue weighted by atomic mass is 10.0. The zero-order valence-electron chi connectivity index (χ0n) is 19.5. The standard InChI is InChI=1S/C23H31N5O5/c1-13(2)10-18(23(32)33-4)26-22(31)17(11-15-7-8-15)25-19(30)12-28-21-16(6-5-9-24-21)20(27-28)14(3)29/h5-6,9,13,15,17-18H,7-8,10-12H2,1-4H3,(H,25,30)(H,26,31)/t17-,18-/m0/s1. The molecule has 178 valence electrons. The van der Waals surface area contributed by atoms with Gasteiger partial charge in [0.05, 0.1) is 12.5 Å². The van der Waals surface area contributed by atoms with Crippen LogP contribution in [-0.2, 0) is 25.7 Å². The van der Waals surface area contributed by atoms with Crippen LogP contribution in [0.25, 0.3) is 11.0 Å². The van der Waals surface area contributed by atoms with E-state index in [1.54, 1.807) is 18.3 Å². The molecule has 1 aliphatic rings. The fourth-order valence-electron chi connectivity index (χ4n) is 3.77. The molecule has 0 bridgehead atoms. The number of carbonyl (C=O) groups excluding carboxylic acids is 4. The summed E-state index contributed by atoms with van der Waals surface area (Å²) >= 11 is 0. The van der Waals surface area contributed by atoms with E-state index in [9.17, 15) is 19.2 Å². The Morgan fingerprint density at radius 2 is 1.91 bits per heavy atom. The monoisotopic (exact) mass is 457 g/mol. The van der Waals surface area contributed by atoms with Crippen LogP contribution in [0.3, 0.4) is 0 Å². The second-order valence-electron chi connectivity index (χ2n) is 8.95. The van der Waals surface area contributed by atoms with Crippen LogP contribution in [0.4, 0.5) is 0 Å². The number of rotatable bonds is 11. The van der Waals surface area contributed by atoms with Crippen LogP contribution in [0, 0.1) is 11.8 Å². The summed E-state index contributed by atoms with van der Waals surface area (Å²) in [5.41, 5.74) is 0.663. The molecule has 1 aliphatic carbocycles. The first-order chi connectivity index (χ1) is 15.7. The molecule has 2 amide bonds. The van der Waals surface area contributed by atoms with Crippen molar-refractivity contribution in [3.63, 3.8) is 0 Å². The van der Waals surface area contributed by atoms with E-state index in [-0.39, 0.29) is 23.9 Å². The number of fused-ring (bicyclic) bond motifs is 1. The fraction of sp³-hybridized carbons (Fsp3) is 0.565. The van der Waals surface area contributed by atoms with Crippen LogP contribution >= 0.6 is 0 Å². The van der Waals surface area contributed by atoms with Crippen molar-refractivity contribution in [3.05, 3.63) is 24.0 Å². The Morgan fingerprint density at radius 3 is 2.52 bits per heavy atom. The average molecular weight is 458 g/mol. The largest absolute Gasteiger partial charge is 0.467 e. The van der Waals surface area contributed by atoms with Crippen LogP contribution in [-0.4, -0.2) is 57.5 Å². The van der Waals surface area contributed by atoms with Gasteiger partial charge in [0, 0.05) is 13.1 Å². The molecule has 10 heteroatoms. The Morgan fingerprint density at radius 1 is 1.18 bits per heavy atom. The Bertz CT molecular complexity index is 1040. The van der Waals surface area contributed by atoms with E-state index in [1.165, 1.54) is 18.7 Å². The first-order valence-electron chi connectivity index (χ1n) is 11.2. The highest BCUT2D eigenvalue weighted by Gasteiger charge is 2.33. The van der Waals surface area contributed by atoms with Gasteiger partial charge in [0.1, 0.15) is 24.3 Å². The van der Waals surface area contributed by atoms with Gasteiger partial charge in [-0.25, -0.2) is 14.5 Å². The highest BCUT2D eigenvalue weighted by atomic mass is 16.5. The Balaban J connectivity index is 1.73. The van der Waals surface area contributed by atoms with Gasteiger partial charge in [0.25, 0.3) is 0 Å². The van der Waals surface area contributed by atoms with E-state index >= 15 is 0 Å². The van der Waals surface area contributed by atoms with Gasteiger partial charge in [-0.2, -0.15) is 5.10 Å². The van der Waals surface area contributed by atoms with E-state index in [0.717, 1.165) is 12.8 Å². The van der Waals surface area contributed by atoms with Gasteiger partial charge in [-0.1, -0.05) is 26.7 Å². The van der Waals surface area contributed by atoms with Crippen LogP contribution in [0.1, 0.15) is 56.9 Å². The molecule has 0 aromatic carbocycles. The van der Waals surface area contributed by atoms with Crippen LogP contribution in [0.5, 0.6) is 0 Å². The third-order valence-electron chi connectivity index (χ3n) is 5.56. The van der Waals surface area contributed by atoms with Gasteiger partial charge >= 0.3 is 5.97 Å². The number of Topliss-reactive ketones (excluding diaryl/α,β-unsaturated/α-hetero) is 1. The minimum atomic E-state index is -0.786. The maximum Gasteiger partial charge on any atom is 0.328 e. The lowest BCUT2D eigenvalue weighted by molar-refractivity contribution is -0.145. The third-order valence-corrected chi connectivity index (χ3v) is 5.56. The quantitative estimate of drug-likeness (QED) is 0.387. The average Bonchev–Trinajstić information content (AvgIpc) is 3.51. The van der Waals surface area contributed by atoms with Crippen molar-refractivity contribution < 1.29 is 23.9 Å². The number of aromatic nitrogens is 3. The summed E-state index contributed by atoms with van der Waals surface area (Å²) in [7, 11) is 1.28. The predicted molar refractivity (Wildman–Crippen MR) is 120 cm³/mol. The number of nitrogens with zero attached hydrogens (tertiary/aromatic N) is 3. The summed E-state index contributed by atoms with van der Waals surface area (Å²) in [6.07, 6.45) is 4.49. The summed E-state index contributed by atoms with van der Waals surface area (Å²) in [5.74, 6) is -1.06. The summed E-state index contributed by atoms with van der Waals surface area (Å²) in [5, 5.41) is 10.3. The summed E-state index contributed by atoms with van der Waals surface area (Å²) in [4.78, 5) is 54.1. The molecule has 2 heterocycles. The van der Waals surface area contributed by atoms with Crippen molar-refractivity contribution >= 4 is 34.6 Å². The second kappa shape index (κ2) is 10.5.